The number of benzene rings is 2. The van der Waals surface area contributed by atoms with E-state index in [4.69, 9.17) is 16.3 Å². The van der Waals surface area contributed by atoms with Gasteiger partial charge in [0.1, 0.15) is 18.9 Å². The van der Waals surface area contributed by atoms with E-state index >= 15 is 0 Å². The van der Waals surface area contributed by atoms with E-state index < -0.39 is 0 Å². The molecule has 0 aliphatic heterocycles. The Kier molecular flexibility index (Phi) is 7.82. The molecule has 0 saturated carbocycles. The number of carbonyl (C=O) groups is 2. The highest BCUT2D eigenvalue weighted by Crippen LogP contribution is 2.17. The molecule has 30 heavy (non-hydrogen) atoms. The van der Waals surface area contributed by atoms with Gasteiger partial charge in [-0.2, -0.15) is 0 Å². The second-order valence-corrected chi connectivity index (χ2v) is 7.73. The third-order valence-corrected chi connectivity index (χ3v) is 5.10. The lowest BCUT2D eigenvalue weighted by atomic mass is 10.2. The number of hydrogen-bond donors (Lipinski definition) is 1. The van der Waals surface area contributed by atoms with E-state index in [0.717, 1.165) is 12.1 Å². The van der Waals surface area contributed by atoms with Gasteiger partial charge in [-0.05, 0) is 55.0 Å². The molecule has 0 atom stereocenters. The summed E-state index contributed by atoms with van der Waals surface area (Å²) in [5.41, 5.74) is 3.76. The normalized spacial score (nSPS) is 10.5. The number of aromatic nitrogens is 1. The molecule has 0 unspecified atom stereocenters. The van der Waals surface area contributed by atoms with Crippen molar-refractivity contribution in [2.75, 3.05) is 18.4 Å². The molecule has 1 N–H and O–H groups in total. The number of ether oxygens (including phenoxy) is 1. The minimum absolute atomic E-state index is 0.0304. The average Bonchev–Trinajstić information content (AvgIpc) is 3.27. The van der Waals surface area contributed by atoms with E-state index in [1.165, 1.54) is 16.2 Å². The lowest BCUT2D eigenvalue weighted by Gasteiger charge is -2.22. The molecule has 8 heteroatoms. The molecule has 3 aromatic rings. The smallest absolute Gasteiger partial charge is 0.254 e. The highest BCUT2D eigenvalue weighted by molar-refractivity contribution is 7.07. The zero-order valence-electron chi connectivity index (χ0n) is 16.5. The highest BCUT2D eigenvalue weighted by atomic mass is 35.5. The molecule has 0 saturated heterocycles. The van der Waals surface area contributed by atoms with Crippen molar-refractivity contribution in [3.8, 4) is 5.75 Å². The van der Waals surface area contributed by atoms with Gasteiger partial charge in [-0.15, -0.1) is 11.3 Å². The van der Waals surface area contributed by atoms with Crippen LogP contribution in [-0.2, 0) is 11.4 Å². The summed E-state index contributed by atoms with van der Waals surface area (Å²) in [6.07, 6.45) is 0.745. The van der Waals surface area contributed by atoms with Crippen molar-refractivity contribution in [2.24, 2.45) is 0 Å². The number of carbonyl (C=O) groups excluding carboxylic acids is 2. The molecule has 6 nitrogen and oxygen atoms in total. The first kappa shape index (κ1) is 21.8. The van der Waals surface area contributed by atoms with Gasteiger partial charge in [-0.1, -0.05) is 18.5 Å². The Hall–Kier alpha value is -2.90. The number of hydrogen-bond acceptors (Lipinski definition) is 5. The van der Waals surface area contributed by atoms with Crippen LogP contribution in [0.15, 0.2) is 59.4 Å². The van der Waals surface area contributed by atoms with Gasteiger partial charge in [-0.25, -0.2) is 4.98 Å². The van der Waals surface area contributed by atoms with Crippen molar-refractivity contribution in [3.05, 3.63) is 75.7 Å². The number of thiazole rings is 1. The topological polar surface area (TPSA) is 71.5 Å². The fraction of sp³-hybridized carbons (Fsp3) is 0.227. The van der Waals surface area contributed by atoms with Crippen LogP contribution in [0, 0.1) is 0 Å². The van der Waals surface area contributed by atoms with Crippen LogP contribution in [0.5, 0.6) is 5.75 Å². The highest BCUT2D eigenvalue weighted by Gasteiger charge is 2.18. The van der Waals surface area contributed by atoms with Gasteiger partial charge in [0.15, 0.2) is 0 Å². The summed E-state index contributed by atoms with van der Waals surface area (Å²) in [7, 11) is 0. The molecule has 2 amide bonds. The molecule has 2 aromatic carbocycles. The maximum atomic E-state index is 12.9. The molecule has 0 aliphatic carbocycles. The fourth-order valence-corrected chi connectivity index (χ4v) is 3.44. The molecule has 0 bridgehead atoms. The lowest BCUT2D eigenvalue weighted by Crippen LogP contribution is -2.38. The summed E-state index contributed by atoms with van der Waals surface area (Å²) in [6, 6.07) is 13.7. The van der Waals surface area contributed by atoms with Crippen molar-refractivity contribution < 1.29 is 14.3 Å². The van der Waals surface area contributed by atoms with E-state index in [9.17, 15) is 9.59 Å². The summed E-state index contributed by atoms with van der Waals surface area (Å²) < 4.78 is 5.68. The molecule has 1 heterocycles. The Morgan fingerprint density at radius 2 is 1.87 bits per heavy atom. The predicted octanol–water partition coefficient (Wildman–Crippen LogP) is 4.87. The zero-order chi connectivity index (χ0) is 21.3. The maximum absolute atomic E-state index is 12.9. The van der Waals surface area contributed by atoms with Crippen LogP contribution in [0.4, 0.5) is 5.69 Å². The van der Waals surface area contributed by atoms with Crippen molar-refractivity contribution in [1.29, 1.82) is 0 Å². The summed E-state index contributed by atoms with van der Waals surface area (Å²) in [5.74, 6) is 0.193. The Morgan fingerprint density at radius 1 is 1.13 bits per heavy atom. The zero-order valence-corrected chi connectivity index (χ0v) is 18.1. The SMILES string of the molecule is CCCN(CC(=O)Nc1ccc(Cl)cc1)C(=O)c1ccc(OCc2cscn2)cc1. The molecular formula is C22H22ClN3O3S. The van der Waals surface area contributed by atoms with Crippen molar-refractivity contribution in [1.82, 2.24) is 9.88 Å². The molecule has 156 valence electrons. The van der Waals surface area contributed by atoms with Crippen LogP contribution in [0.3, 0.4) is 0 Å². The first-order valence-electron chi connectivity index (χ1n) is 9.49. The third kappa shape index (κ3) is 6.30. The molecule has 1 aromatic heterocycles. The Balaban J connectivity index is 1.59. The van der Waals surface area contributed by atoms with Gasteiger partial charge < -0.3 is 15.0 Å². The van der Waals surface area contributed by atoms with E-state index in [2.05, 4.69) is 10.3 Å². The fourth-order valence-electron chi connectivity index (χ4n) is 2.77. The third-order valence-electron chi connectivity index (χ3n) is 4.21. The van der Waals surface area contributed by atoms with Crippen LogP contribution in [-0.4, -0.2) is 34.8 Å². The molecule has 3 rings (SSSR count). The van der Waals surface area contributed by atoms with Gasteiger partial charge in [0.25, 0.3) is 5.91 Å². The van der Waals surface area contributed by atoms with E-state index in [1.54, 1.807) is 54.0 Å². The first-order valence-corrected chi connectivity index (χ1v) is 10.8. The number of nitrogens with zero attached hydrogens (tertiary/aromatic N) is 2. The van der Waals surface area contributed by atoms with Crippen LogP contribution < -0.4 is 10.1 Å². The van der Waals surface area contributed by atoms with Crippen molar-refractivity contribution >= 4 is 40.4 Å². The standard InChI is InChI=1S/C22H22ClN3O3S/c1-2-11-26(12-21(27)25-18-7-5-17(23)6-8-18)22(28)16-3-9-20(10-4-16)29-13-19-14-30-15-24-19/h3-10,14-15H,2,11-13H2,1H3,(H,25,27). The summed E-state index contributed by atoms with van der Waals surface area (Å²) in [5, 5.41) is 5.31. The number of rotatable bonds is 9. The van der Waals surface area contributed by atoms with Gasteiger partial charge in [0.05, 0.1) is 11.2 Å². The molecule has 0 radical (unpaired) electrons. The summed E-state index contributed by atoms with van der Waals surface area (Å²) in [4.78, 5) is 31.0. The quantitative estimate of drug-likeness (QED) is 0.512. The van der Waals surface area contributed by atoms with Crippen molar-refractivity contribution in [3.63, 3.8) is 0 Å². The van der Waals surface area contributed by atoms with E-state index in [-0.39, 0.29) is 18.4 Å². The van der Waals surface area contributed by atoms with Crippen LogP contribution in [0.1, 0.15) is 29.4 Å². The van der Waals surface area contributed by atoms with Crippen LogP contribution in [0.25, 0.3) is 0 Å². The second-order valence-electron chi connectivity index (χ2n) is 6.57. The summed E-state index contributed by atoms with van der Waals surface area (Å²) in [6.45, 7) is 2.79. The molecule has 0 fully saturated rings. The maximum Gasteiger partial charge on any atom is 0.254 e. The Labute approximate surface area is 184 Å². The molecule has 0 aliphatic rings. The van der Waals surface area contributed by atoms with Crippen LogP contribution >= 0.6 is 22.9 Å². The average molecular weight is 444 g/mol. The van der Waals surface area contributed by atoms with Gasteiger partial charge in [0, 0.05) is 28.2 Å². The van der Waals surface area contributed by atoms with Gasteiger partial charge in [-0.3, -0.25) is 9.59 Å². The van der Waals surface area contributed by atoms with E-state index in [1.807, 2.05) is 12.3 Å². The Morgan fingerprint density at radius 3 is 2.50 bits per heavy atom. The summed E-state index contributed by atoms with van der Waals surface area (Å²) >= 11 is 7.38. The monoisotopic (exact) mass is 443 g/mol. The lowest BCUT2D eigenvalue weighted by molar-refractivity contribution is -0.116. The van der Waals surface area contributed by atoms with Gasteiger partial charge in [0.2, 0.25) is 5.91 Å². The minimum Gasteiger partial charge on any atom is -0.487 e. The van der Waals surface area contributed by atoms with Crippen molar-refractivity contribution in [2.45, 2.75) is 20.0 Å². The second kappa shape index (κ2) is 10.8. The number of anilines is 1. The first-order chi connectivity index (χ1) is 14.5. The molecular weight excluding hydrogens is 422 g/mol. The van der Waals surface area contributed by atoms with Crippen LogP contribution in [0.2, 0.25) is 5.02 Å². The van der Waals surface area contributed by atoms with E-state index in [0.29, 0.717) is 35.2 Å². The Bertz CT molecular complexity index is 960. The largest absolute Gasteiger partial charge is 0.487 e. The number of amides is 2. The number of nitrogens with one attached hydrogen (secondary N) is 1. The molecule has 0 spiro atoms. The minimum atomic E-state index is -0.262. The number of halogens is 1. The predicted molar refractivity (Wildman–Crippen MR) is 119 cm³/mol. The van der Waals surface area contributed by atoms with Gasteiger partial charge >= 0.3 is 0 Å².